The molecule has 0 aromatic heterocycles. The van der Waals surface area contributed by atoms with E-state index in [2.05, 4.69) is 20.7 Å². The van der Waals surface area contributed by atoms with E-state index in [9.17, 15) is 4.79 Å². The van der Waals surface area contributed by atoms with Gasteiger partial charge in [0.15, 0.2) is 0 Å². The molecule has 0 saturated heterocycles. The molecule has 0 bridgehead atoms. The van der Waals surface area contributed by atoms with E-state index in [1.807, 2.05) is 0 Å². The molecule has 0 unspecified atom stereocenters. The molecule has 0 aromatic rings. The highest BCUT2D eigenvalue weighted by atomic mass is 79.9. The molecule has 4 heteroatoms. The van der Waals surface area contributed by atoms with Crippen LogP contribution in [0.5, 0.6) is 0 Å². The zero-order chi connectivity index (χ0) is 7.28. The van der Waals surface area contributed by atoms with Gasteiger partial charge in [-0.1, -0.05) is 15.9 Å². The lowest BCUT2D eigenvalue weighted by molar-refractivity contribution is -0.144. The van der Waals surface area contributed by atoms with Gasteiger partial charge in [-0.15, -0.1) is 0 Å². The lowest BCUT2D eigenvalue weighted by Gasteiger charge is -2.03. The van der Waals surface area contributed by atoms with Gasteiger partial charge in [0, 0.05) is 5.33 Å². The van der Waals surface area contributed by atoms with Gasteiger partial charge in [0.1, 0.15) is 12.6 Å². The van der Waals surface area contributed by atoms with E-state index in [1.165, 1.54) is 0 Å². The summed E-state index contributed by atoms with van der Waals surface area (Å²) in [7, 11) is 0. The number of rotatable bonds is 3. The Morgan fingerprint density at radius 3 is 2.78 bits per heavy atom. The minimum absolute atomic E-state index is 0.352. The summed E-state index contributed by atoms with van der Waals surface area (Å²) in [6.45, 7) is 1.98. The first-order valence-corrected chi connectivity index (χ1v) is 3.79. The van der Waals surface area contributed by atoms with Gasteiger partial charge in [-0.3, -0.25) is 4.79 Å². The van der Waals surface area contributed by atoms with Crippen molar-refractivity contribution in [2.24, 2.45) is 5.73 Å². The Hall–Kier alpha value is -0.0900. The maximum Gasteiger partial charge on any atom is 0.322 e. The zero-order valence-corrected chi connectivity index (χ0v) is 6.85. The summed E-state index contributed by atoms with van der Waals surface area (Å²) in [4.78, 5) is 10.5. The molecule has 0 aliphatic heterocycles. The molecule has 0 fully saturated rings. The van der Waals surface area contributed by atoms with Gasteiger partial charge in [0.05, 0.1) is 0 Å². The van der Waals surface area contributed by atoms with Crippen molar-refractivity contribution in [1.29, 1.82) is 0 Å². The van der Waals surface area contributed by atoms with Crippen molar-refractivity contribution in [2.75, 3.05) is 11.9 Å². The average molecular weight is 196 g/mol. The maximum absolute atomic E-state index is 10.5. The lowest BCUT2D eigenvalue weighted by atomic mass is 10.4. The highest BCUT2D eigenvalue weighted by Crippen LogP contribution is 1.85. The Morgan fingerprint density at radius 1 is 1.89 bits per heavy atom. The third-order valence-corrected chi connectivity index (χ3v) is 1.02. The van der Waals surface area contributed by atoms with E-state index in [0.29, 0.717) is 11.9 Å². The van der Waals surface area contributed by atoms with E-state index < -0.39 is 6.04 Å². The maximum atomic E-state index is 10.5. The van der Waals surface area contributed by atoms with Crippen LogP contribution in [0.15, 0.2) is 0 Å². The van der Waals surface area contributed by atoms with Crippen LogP contribution in [0, 0.1) is 0 Å². The molecule has 2 N–H and O–H groups in total. The fourth-order valence-corrected chi connectivity index (χ4v) is 0.432. The van der Waals surface area contributed by atoms with Crippen molar-refractivity contribution < 1.29 is 9.53 Å². The molecule has 0 amide bonds. The minimum atomic E-state index is -0.510. The van der Waals surface area contributed by atoms with E-state index in [4.69, 9.17) is 5.73 Å². The van der Waals surface area contributed by atoms with Gasteiger partial charge in [0.25, 0.3) is 0 Å². The molecular formula is C5H10BrNO2. The second kappa shape index (κ2) is 4.76. The molecule has 0 radical (unpaired) electrons. The molecule has 0 aromatic carbocycles. The Bertz CT molecular complexity index is 95.0. The van der Waals surface area contributed by atoms with E-state index in [-0.39, 0.29) is 5.97 Å². The smallest absolute Gasteiger partial charge is 0.322 e. The lowest BCUT2D eigenvalue weighted by Crippen LogP contribution is -2.29. The minimum Gasteiger partial charge on any atom is -0.464 e. The number of esters is 1. The molecular weight excluding hydrogens is 186 g/mol. The topological polar surface area (TPSA) is 52.3 Å². The van der Waals surface area contributed by atoms with Crippen molar-refractivity contribution in [2.45, 2.75) is 13.0 Å². The second-order valence-electron chi connectivity index (χ2n) is 1.65. The number of halogens is 1. The summed E-state index contributed by atoms with van der Waals surface area (Å²) in [6, 6.07) is -0.510. The van der Waals surface area contributed by atoms with Gasteiger partial charge < -0.3 is 10.5 Å². The molecule has 0 saturated carbocycles. The first-order valence-electron chi connectivity index (χ1n) is 2.66. The van der Waals surface area contributed by atoms with Gasteiger partial charge in [0.2, 0.25) is 0 Å². The number of hydrogen-bond donors (Lipinski definition) is 1. The summed E-state index contributed by atoms with van der Waals surface area (Å²) in [5.41, 5.74) is 5.19. The van der Waals surface area contributed by atoms with Crippen molar-refractivity contribution in [3.8, 4) is 0 Å². The summed E-state index contributed by atoms with van der Waals surface area (Å²) < 4.78 is 4.64. The fraction of sp³-hybridized carbons (Fsp3) is 0.800. The van der Waals surface area contributed by atoms with Crippen molar-refractivity contribution in [1.82, 2.24) is 0 Å². The summed E-state index contributed by atoms with van der Waals surface area (Å²) in [5, 5.41) is 0.658. The largest absolute Gasteiger partial charge is 0.464 e. The van der Waals surface area contributed by atoms with E-state index in [1.54, 1.807) is 6.92 Å². The SMILES string of the molecule is C[C@H](N)C(=O)OCCBr. The normalized spacial score (nSPS) is 12.8. The standard InChI is InChI=1S/C5H10BrNO2/c1-4(7)5(8)9-3-2-6/h4H,2-3,7H2,1H3/t4-/m0/s1. The quantitative estimate of drug-likeness (QED) is 0.520. The third-order valence-electron chi connectivity index (χ3n) is 0.693. The third kappa shape index (κ3) is 4.42. The van der Waals surface area contributed by atoms with E-state index >= 15 is 0 Å². The van der Waals surface area contributed by atoms with Crippen LogP contribution >= 0.6 is 15.9 Å². The molecule has 9 heavy (non-hydrogen) atoms. The first kappa shape index (κ1) is 8.91. The van der Waals surface area contributed by atoms with Gasteiger partial charge in [-0.25, -0.2) is 0 Å². The predicted octanol–water partition coefficient (Wildman–Crippen LogP) is 0.272. The van der Waals surface area contributed by atoms with Crippen LogP contribution in [-0.2, 0) is 9.53 Å². The number of ether oxygens (including phenoxy) is 1. The zero-order valence-electron chi connectivity index (χ0n) is 5.26. The highest BCUT2D eigenvalue weighted by molar-refractivity contribution is 9.09. The van der Waals surface area contributed by atoms with Crippen LogP contribution in [0.2, 0.25) is 0 Å². The molecule has 1 atom stereocenters. The Balaban J connectivity index is 3.28. The van der Waals surface area contributed by atoms with Crippen LogP contribution in [0.25, 0.3) is 0 Å². The number of nitrogens with two attached hydrogens (primary N) is 1. The van der Waals surface area contributed by atoms with E-state index in [0.717, 1.165) is 0 Å². The van der Waals surface area contributed by atoms with Crippen LogP contribution in [0.3, 0.4) is 0 Å². The molecule has 54 valence electrons. The molecule has 0 aliphatic rings. The van der Waals surface area contributed by atoms with Crippen LogP contribution in [0.1, 0.15) is 6.92 Å². The molecule has 3 nitrogen and oxygen atoms in total. The summed E-state index contributed by atoms with van der Waals surface area (Å²) in [6.07, 6.45) is 0. The number of alkyl halides is 1. The van der Waals surface area contributed by atoms with Gasteiger partial charge >= 0.3 is 5.97 Å². The first-order chi connectivity index (χ1) is 4.18. The Labute approximate surface area is 62.7 Å². The molecule has 0 spiro atoms. The highest BCUT2D eigenvalue weighted by Gasteiger charge is 2.06. The van der Waals surface area contributed by atoms with Gasteiger partial charge in [-0.05, 0) is 6.92 Å². The molecule has 0 heterocycles. The second-order valence-corrected chi connectivity index (χ2v) is 2.44. The number of carbonyl (C=O) groups excluding carboxylic acids is 1. The van der Waals surface area contributed by atoms with Gasteiger partial charge in [-0.2, -0.15) is 0 Å². The number of carbonyl (C=O) groups is 1. The predicted molar refractivity (Wildman–Crippen MR) is 38.4 cm³/mol. The summed E-state index contributed by atoms with van der Waals surface area (Å²) in [5.74, 6) is -0.352. The fourth-order valence-electron chi connectivity index (χ4n) is 0.271. The van der Waals surface area contributed by atoms with Crippen LogP contribution in [0.4, 0.5) is 0 Å². The van der Waals surface area contributed by atoms with Crippen molar-refractivity contribution in [3.63, 3.8) is 0 Å². The Kier molecular flexibility index (Phi) is 4.71. The van der Waals surface area contributed by atoms with Crippen LogP contribution in [-0.4, -0.2) is 23.9 Å². The molecule has 0 rings (SSSR count). The summed E-state index contributed by atoms with van der Waals surface area (Å²) >= 11 is 3.11. The monoisotopic (exact) mass is 195 g/mol. The number of hydrogen-bond acceptors (Lipinski definition) is 3. The van der Waals surface area contributed by atoms with Crippen LogP contribution < -0.4 is 5.73 Å². The average Bonchev–Trinajstić information content (AvgIpc) is 1.82. The van der Waals surface area contributed by atoms with Crippen molar-refractivity contribution in [3.05, 3.63) is 0 Å². The Morgan fingerprint density at radius 2 is 2.44 bits per heavy atom. The van der Waals surface area contributed by atoms with Crippen molar-refractivity contribution >= 4 is 21.9 Å². The molecule has 0 aliphatic carbocycles.